The maximum Gasteiger partial charge on any atom is 0.128 e. The predicted octanol–water partition coefficient (Wildman–Crippen LogP) is 1.92. The van der Waals surface area contributed by atoms with E-state index in [1.54, 1.807) is 0 Å². The van der Waals surface area contributed by atoms with Gasteiger partial charge in [-0.25, -0.2) is 4.39 Å². The van der Waals surface area contributed by atoms with Gasteiger partial charge in [-0.2, -0.15) is 0 Å². The zero-order valence-corrected chi connectivity index (χ0v) is 12.0. The fourth-order valence-corrected chi connectivity index (χ4v) is 3.04. The van der Waals surface area contributed by atoms with Crippen molar-refractivity contribution in [2.45, 2.75) is 38.0 Å². The van der Waals surface area contributed by atoms with Gasteiger partial charge in [-0.05, 0) is 25.0 Å². The van der Waals surface area contributed by atoms with Crippen LogP contribution < -0.4 is 0 Å². The van der Waals surface area contributed by atoms with Crippen LogP contribution in [0.1, 0.15) is 30.4 Å². The topological polar surface area (TPSA) is 32.7 Å². The summed E-state index contributed by atoms with van der Waals surface area (Å²) in [5.41, 5.74) is 1.37. The van der Waals surface area contributed by atoms with Crippen molar-refractivity contribution in [3.8, 4) is 11.8 Å². The zero-order valence-electron chi connectivity index (χ0n) is 12.0. The van der Waals surface area contributed by atoms with E-state index in [9.17, 15) is 4.39 Å². The molecular weight excluding hydrogens is 269 g/mol. The lowest BCUT2D eigenvalue weighted by Gasteiger charge is -2.32. The van der Waals surface area contributed by atoms with Crippen LogP contribution in [0.2, 0.25) is 0 Å². The van der Waals surface area contributed by atoms with Gasteiger partial charge in [0, 0.05) is 37.2 Å². The van der Waals surface area contributed by atoms with Gasteiger partial charge >= 0.3 is 0 Å². The van der Waals surface area contributed by atoms with Gasteiger partial charge < -0.3 is 9.84 Å². The number of nitrogens with zero attached hydrogens (tertiary/aromatic N) is 1. The van der Waals surface area contributed by atoms with E-state index in [1.807, 2.05) is 12.1 Å². The van der Waals surface area contributed by atoms with Crippen LogP contribution in [0.25, 0.3) is 0 Å². The number of ether oxygens (including phenoxy) is 1. The summed E-state index contributed by atoms with van der Waals surface area (Å²) in [6.07, 6.45) is 3.33. The summed E-state index contributed by atoms with van der Waals surface area (Å²) in [5, 5.41) is 8.68. The number of aliphatic hydroxyl groups excluding tert-OH is 1. The van der Waals surface area contributed by atoms with Crippen LogP contribution in [0, 0.1) is 17.7 Å². The van der Waals surface area contributed by atoms with Crippen molar-refractivity contribution in [3.05, 3.63) is 35.1 Å². The number of hydrogen-bond acceptors (Lipinski definition) is 3. The average Bonchev–Trinajstić information content (AvgIpc) is 2.81. The number of likely N-dealkylation sites (tertiary alicyclic amines) is 1. The van der Waals surface area contributed by atoms with Crippen LogP contribution in [-0.2, 0) is 11.3 Å². The highest BCUT2D eigenvalue weighted by Gasteiger charge is 2.33. The Labute approximate surface area is 124 Å². The molecule has 3 nitrogen and oxygen atoms in total. The van der Waals surface area contributed by atoms with Crippen molar-refractivity contribution in [2.24, 2.45) is 0 Å². The largest absolute Gasteiger partial charge is 0.395 e. The highest BCUT2D eigenvalue weighted by atomic mass is 19.1. The van der Waals surface area contributed by atoms with Crippen LogP contribution in [0.15, 0.2) is 18.2 Å². The summed E-state index contributed by atoms with van der Waals surface area (Å²) >= 11 is 0. The quantitative estimate of drug-likeness (QED) is 0.863. The zero-order chi connectivity index (χ0) is 14.7. The summed E-state index contributed by atoms with van der Waals surface area (Å²) in [4.78, 5) is 2.28. The number of hydrogen-bond donors (Lipinski definition) is 1. The first-order valence-corrected chi connectivity index (χ1v) is 7.50. The van der Waals surface area contributed by atoms with E-state index in [4.69, 9.17) is 9.84 Å². The van der Waals surface area contributed by atoms with E-state index in [1.165, 1.54) is 6.07 Å². The Bertz CT molecular complexity index is 552. The Kier molecular flexibility index (Phi) is 4.54. The van der Waals surface area contributed by atoms with Crippen LogP contribution in [-0.4, -0.2) is 41.9 Å². The minimum atomic E-state index is -0.204. The van der Waals surface area contributed by atoms with Crippen LogP contribution >= 0.6 is 0 Å². The number of rotatable bonds is 3. The highest BCUT2D eigenvalue weighted by molar-refractivity contribution is 5.37. The third kappa shape index (κ3) is 3.62. The second-order valence-corrected chi connectivity index (χ2v) is 5.73. The van der Waals surface area contributed by atoms with Gasteiger partial charge in [0.1, 0.15) is 5.82 Å². The Morgan fingerprint density at radius 1 is 1.29 bits per heavy atom. The molecule has 2 unspecified atom stereocenters. The number of halogens is 1. The van der Waals surface area contributed by atoms with E-state index in [0.29, 0.717) is 36.3 Å². The Balaban J connectivity index is 1.65. The van der Waals surface area contributed by atoms with Gasteiger partial charge in [0.15, 0.2) is 0 Å². The maximum atomic E-state index is 14.1. The number of benzene rings is 1. The first-order chi connectivity index (χ1) is 10.2. The van der Waals surface area contributed by atoms with Gasteiger partial charge in [-0.3, -0.25) is 4.90 Å². The molecule has 2 heterocycles. The third-order valence-electron chi connectivity index (χ3n) is 4.04. The summed E-state index contributed by atoms with van der Waals surface area (Å²) in [6.45, 7) is 2.46. The normalized spacial score (nSPS) is 24.7. The van der Waals surface area contributed by atoms with Crippen molar-refractivity contribution in [3.63, 3.8) is 0 Å². The van der Waals surface area contributed by atoms with E-state index >= 15 is 0 Å². The van der Waals surface area contributed by atoms with Crippen molar-refractivity contribution >= 4 is 0 Å². The smallest absolute Gasteiger partial charge is 0.128 e. The fourth-order valence-electron chi connectivity index (χ4n) is 3.04. The standard InChI is InChI=1S/C17H20FNO2/c18-17-9-13(3-1-2-8-20)4-5-14(17)10-19-11-15-6-7-16(12-19)21-15/h4-5,9,15-16,20H,2,6-8,10-12H2. The predicted molar refractivity (Wildman–Crippen MR) is 78.2 cm³/mol. The molecule has 112 valence electrons. The van der Waals surface area contributed by atoms with Crippen LogP contribution in [0.4, 0.5) is 4.39 Å². The number of aliphatic hydroxyl groups is 1. The molecule has 2 atom stereocenters. The Hall–Kier alpha value is -1.41. The second kappa shape index (κ2) is 6.57. The monoisotopic (exact) mass is 289 g/mol. The van der Waals surface area contributed by atoms with Gasteiger partial charge in [0.2, 0.25) is 0 Å². The molecule has 2 fully saturated rings. The molecule has 4 heteroatoms. The molecule has 0 aliphatic carbocycles. The summed E-state index contributed by atoms with van der Waals surface area (Å²) in [5.74, 6) is 5.46. The second-order valence-electron chi connectivity index (χ2n) is 5.73. The van der Waals surface area contributed by atoms with Gasteiger partial charge in [0.25, 0.3) is 0 Å². The lowest BCUT2D eigenvalue weighted by molar-refractivity contribution is -0.0413. The van der Waals surface area contributed by atoms with E-state index in [2.05, 4.69) is 16.7 Å². The molecule has 21 heavy (non-hydrogen) atoms. The van der Waals surface area contributed by atoms with E-state index in [-0.39, 0.29) is 12.4 Å². The fraction of sp³-hybridized carbons (Fsp3) is 0.529. The van der Waals surface area contributed by atoms with Gasteiger partial charge in [-0.1, -0.05) is 17.9 Å². The Morgan fingerprint density at radius 3 is 2.71 bits per heavy atom. The molecule has 0 amide bonds. The third-order valence-corrected chi connectivity index (χ3v) is 4.04. The number of fused-ring (bicyclic) bond motifs is 2. The van der Waals surface area contributed by atoms with Crippen molar-refractivity contribution in [2.75, 3.05) is 19.7 Å². The molecule has 0 radical (unpaired) electrons. The minimum Gasteiger partial charge on any atom is -0.395 e. The van der Waals surface area contributed by atoms with E-state index < -0.39 is 0 Å². The lowest BCUT2D eigenvalue weighted by atomic mass is 10.1. The van der Waals surface area contributed by atoms with Crippen molar-refractivity contribution < 1.29 is 14.2 Å². The first kappa shape index (κ1) is 14.5. The molecule has 1 aromatic rings. The lowest BCUT2D eigenvalue weighted by Crippen LogP contribution is -2.42. The van der Waals surface area contributed by atoms with E-state index in [0.717, 1.165) is 25.9 Å². The molecule has 2 bridgehead atoms. The maximum absolute atomic E-state index is 14.1. The number of morpholine rings is 1. The average molecular weight is 289 g/mol. The van der Waals surface area contributed by atoms with Gasteiger partial charge in [-0.15, -0.1) is 0 Å². The molecule has 3 rings (SSSR count). The molecule has 1 N–H and O–H groups in total. The molecule has 0 saturated carbocycles. The van der Waals surface area contributed by atoms with Crippen LogP contribution in [0.5, 0.6) is 0 Å². The van der Waals surface area contributed by atoms with Crippen molar-refractivity contribution in [1.82, 2.24) is 4.90 Å². The summed E-state index contributed by atoms with van der Waals surface area (Å²) < 4.78 is 19.9. The minimum absolute atomic E-state index is 0.0347. The van der Waals surface area contributed by atoms with Crippen molar-refractivity contribution in [1.29, 1.82) is 0 Å². The SMILES string of the molecule is OCCC#Cc1ccc(CN2CC3CCC(C2)O3)c(F)c1. The highest BCUT2D eigenvalue weighted by Crippen LogP contribution is 2.27. The summed E-state index contributed by atoms with van der Waals surface area (Å²) in [6, 6.07) is 5.14. The molecule has 0 spiro atoms. The van der Waals surface area contributed by atoms with Crippen LogP contribution in [0.3, 0.4) is 0 Å². The first-order valence-electron chi connectivity index (χ1n) is 7.50. The molecule has 2 saturated heterocycles. The van der Waals surface area contributed by atoms with Gasteiger partial charge in [0.05, 0.1) is 18.8 Å². The molecule has 1 aromatic carbocycles. The Morgan fingerprint density at radius 2 is 2.05 bits per heavy atom. The molecule has 2 aliphatic heterocycles. The molecule has 2 aliphatic rings. The summed E-state index contributed by atoms with van der Waals surface area (Å²) in [7, 11) is 0. The molecule has 0 aromatic heterocycles. The molecular formula is C17H20FNO2.